The van der Waals surface area contributed by atoms with Crippen molar-refractivity contribution in [2.45, 2.75) is 25.3 Å². The minimum atomic E-state index is -4.37. The van der Waals surface area contributed by atoms with E-state index < -0.39 is 17.8 Å². The quantitative estimate of drug-likeness (QED) is 0.801. The zero-order chi connectivity index (χ0) is 18.6. The van der Waals surface area contributed by atoms with Crippen LogP contribution in [0.25, 0.3) is 0 Å². The van der Waals surface area contributed by atoms with Crippen molar-refractivity contribution in [2.75, 3.05) is 13.1 Å². The summed E-state index contributed by atoms with van der Waals surface area (Å²) in [6, 6.07) is 13.9. The van der Waals surface area contributed by atoms with E-state index in [9.17, 15) is 18.0 Å². The number of alkyl halides is 3. The molecule has 0 aromatic heterocycles. The summed E-state index contributed by atoms with van der Waals surface area (Å²) in [6.45, 7) is 1.02. The first-order valence-corrected chi connectivity index (χ1v) is 8.21. The van der Waals surface area contributed by atoms with Crippen molar-refractivity contribution < 1.29 is 27.4 Å². The van der Waals surface area contributed by atoms with Gasteiger partial charge in [-0.1, -0.05) is 30.3 Å². The Morgan fingerprint density at radius 3 is 2.42 bits per heavy atom. The van der Waals surface area contributed by atoms with Gasteiger partial charge in [0.15, 0.2) is 0 Å². The maximum atomic E-state index is 12.6. The summed E-state index contributed by atoms with van der Waals surface area (Å²) in [5, 5.41) is 0. The maximum absolute atomic E-state index is 12.6. The summed E-state index contributed by atoms with van der Waals surface area (Å²) in [4.78, 5) is 13.6. The molecule has 3 rings (SSSR count). The SMILES string of the molecule is O=C(OCc1ccccc1)N1CCC(Oc2ccc(C(F)(F)F)cc2)C1. The second-order valence-corrected chi connectivity index (χ2v) is 6.04. The molecule has 0 N–H and O–H groups in total. The van der Waals surface area contributed by atoms with E-state index in [1.54, 1.807) is 0 Å². The Morgan fingerprint density at radius 2 is 1.77 bits per heavy atom. The molecule has 2 aromatic carbocycles. The standard InChI is InChI=1S/C19H18F3NO3/c20-19(21,22)15-6-8-16(9-7-15)26-17-10-11-23(12-17)18(24)25-13-14-4-2-1-3-5-14/h1-9,17H,10-13H2. The van der Waals surface area contributed by atoms with Crippen LogP contribution in [0.1, 0.15) is 17.5 Å². The van der Waals surface area contributed by atoms with Gasteiger partial charge in [-0.15, -0.1) is 0 Å². The Bertz CT molecular complexity index is 732. The van der Waals surface area contributed by atoms with E-state index in [2.05, 4.69) is 0 Å². The number of ether oxygens (including phenoxy) is 2. The number of halogens is 3. The summed E-state index contributed by atoms with van der Waals surface area (Å²) in [5.41, 5.74) is 0.181. The Morgan fingerprint density at radius 1 is 1.08 bits per heavy atom. The van der Waals surface area contributed by atoms with E-state index in [0.29, 0.717) is 25.3 Å². The second kappa shape index (κ2) is 7.68. The third-order valence-corrected chi connectivity index (χ3v) is 4.09. The zero-order valence-corrected chi connectivity index (χ0v) is 13.9. The summed E-state index contributed by atoms with van der Waals surface area (Å²) in [5.74, 6) is 0.350. The van der Waals surface area contributed by atoms with Crippen LogP contribution in [0.3, 0.4) is 0 Å². The fourth-order valence-electron chi connectivity index (χ4n) is 2.72. The minimum absolute atomic E-state index is 0.195. The van der Waals surface area contributed by atoms with Gasteiger partial charge in [-0.05, 0) is 29.8 Å². The number of carbonyl (C=O) groups is 1. The number of hydrogen-bond acceptors (Lipinski definition) is 3. The average molecular weight is 365 g/mol. The highest BCUT2D eigenvalue weighted by Crippen LogP contribution is 2.30. The molecule has 1 heterocycles. The van der Waals surface area contributed by atoms with Gasteiger partial charge in [-0.25, -0.2) is 4.79 Å². The Labute approximate surface area is 149 Å². The van der Waals surface area contributed by atoms with Gasteiger partial charge >= 0.3 is 12.3 Å². The largest absolute Gasteiger partial charge is 0.489 e. The summed E-state index contributed by atoms with van der Waals surface area (Å²) >= 11 is 0. The molecule has 0 bridgehead atoms. The molecule has 1 fully saturated rings. The molecule has 26 heavy (non-hydrogen) atoms. The monoisotopic (exact) mass is 365 g/mol. The first-order valence-electron chi connectivity index (χ1n) is 8.21. The average Bonchev–Trinajstić information content (AvgIpc) is 3.09. The predicted molar refractivity (Wildman–Crippen MR) is 88.7 cm³/mol. The van der Waals surface area contributed by atoms with E-state index >= 15 is 0 Å². The van der Waals surface area contributed by atoms with Crippen molar-refractivity contribution in [2.24, 2.45) is 0 Å². The van der Waals surface area contributed by atoms with Crippen molar-refractivity contribution in [3.63, 3.8) is 0 Å². The second-order valence-electron chi connectivity index (χ2n) is 6.04. The lowest BCUT2D eigenvalue weighted by molar-refractivity contribution is -0.137. The molecule has 2 aromatic rings. The number of carbonyl (C=O) groups excluding carboxylic acids is 1. The van der Waals surface area contributed by atoms with Gasteiger partial charge in [0.05, 0.1) is 12.1 Å². The lowest BCUT2D eigenvalue weighted by atomic mass is 10.2. The number of benzene rings is 2. The van der Waals surface area contributed by atoms with Crippen LogP contribution in [0.5, 0.6) is 5.75 Å². The highest BCUT2D eigenvalue weighted by Gasteiger charge is 2.31. The number of hydrogen-bond donors (Lipinski definition) is 0. The predicted octanol–water partition coefficient (Wildman–Crippen LogP) is 4.50. The van der Waals surface area contributed by atoms with Crippen molar-refractivity contribution in [1.82, 2.24) is 4.90 Å². The van der Waals surface area contributed by atoms with E-state index in [1.807, 2.05) is 30.3 Å². The molecule has 1 atom stereocenters. The molecule has 0 saturated carbocycles. The molecular weight excluding hydrogens is 347 g/mol. The number of likely N-dealkylation sites (tertiary alicyclic amines) is 1. The summed E-state index contributed by atoms with van der Waals surface area (Å²) in [7, 11) is 0. The van der Waals surface area contributed by atoms with Gasteiger partial charge in [-0.2, -0.15) is 13.2 Å². The lowest BCUT2D eigenvalue weighted by Gasteiger charge is -2.17. The highest BCUT2D eigenvalue weighted by atomic mass is 19.4. The zero-order valence-electron chi connectivity index (χ0n) is 13.9. The van der Waals surface area contributed by atoms with Gasteiger partial charge in [-0.3, -0.25) is 0 Å². The molecule has 4 nitrogen and oxygen atoms in total. The first kappa shape index (κ1) is 18.1. The van der Waals surface area contributed by atoms with Crippen LogP contribution in [0, 0.1) is 0 Å². The maximum Gasteiger partial charge on any atom is 0.416 e. The Kier molecular flexibility index (Phi) is 5.35. The molecule has 0 spiro atoms. The van der Waals surface area contributed by atoms with Crippen LogP contribution in [-0.2, 0) is 17.5 Å². The van der Waals surface area contributed by atoms with E-state index in [4.69, 9.17) is 9.47 Å². The van der Waals surface area contributed by atoms with Crippen molar-refractivity contribution in [3.8, 4) is 5.75 Å². The van der Waals surface area contributed by atoms with Gasteiger partial charge in [0.25, 0.3) is 0 Å². The molecule has 1 aliphatic rings. The van der Waals surface area contributed by atoms with Crippen LogP contribution in [0.4, 0.5) is 18.0 Å². The fourth-order valence-corrected chi connectivity index (χ4v) is 2.72. The molecule has 1 amide bonds. The molecule has 138 valence electrons. The van der Waals surface area contributed by atoms with Crippen LogP contribution in [0.15, 0.2) is 54.6 Å². The van der Waals surface area contributed by atoms with Gasteiger partial charge < -0.3 is 14.4 Å². The van der Waals surface area contributed by atoms with Crippen LogP contribution in [0.2, 0.25) is 0 Å². The number of amides is 1. The van der Waals surface area contributed by atoms with Crippen LogP contribution < -0.4 is 4.74 Å². The third-order valence-electron chi connectivity index (χ3n) is 4.09. The van der Waals surface area contributed by atoms with Crippen molar-refractivity contribution in [1.29, 1.82) is 0 Å². The van der Waals surface area contributed by atoms with Gasteiger partial charge in [0.1, 0.15) is 18.5 Å². The van der Waals surface area contributed by atoms with Crippen LogP contribution in [-0.4, -0.2) is 30.2 Å². The smallest absolute Gasteiger partial charge is 0.416 e. The number of rotatable bonds is 4. The molecule has 1 saturated heterocycles. The highest BCUT2D eigenvalue weighted by molar-refractivity contribution is 5.68. The molecular formula is C19H18F3NO3. The Balaban J connectivity index is 1.48. The fraction of sp³-hybridized carbons (Fsp3) is 0.316. The number of nitrogens with zero attached hydrogens (tertiary/aromatic N) is 1. The first-order chi connectivity index (χ1) is 12.4. The summed E-state index contributed by atoms with van der Waals surface area (Å²) in [6.07, 6.45) is -4.46. The van der Waals surface area contributed by atoms with E-state index in [0.717, 1.165) is 17.7 Å². The Hall–Kier alpha value is -2.70. The molecule has 1 aliphatic heterocycles. The van der Waals surface area contributed by atoms with E-state index in [-0.39, 0.29) is 12.7 Å². The lowest BCUT2D eigenvalue weighted by Crippen LogP contribution is -2.31. The minimum Gasteiger partial charge on any atom is -0.489 e. The molecule has 0 radical (unpaired) electrons. The van der Waals surface area contributed by atoms with Crippen molar-refractivity contribution >= 4 is 6.09 Å². The van der Waals surface area contributed by atoms with Gasteiger partial charge in [0, 0.05) is 13.0 Å². The third kappa shape index (κ3) is 4.68. The van der Waals surface area contributed by atoms with Crippen LogP contribution >= 0.6 is 0 Å². The summed E-state index contributed by atoms with van der Waals surface area (Å²) < 4.78 is 48.6. The topological polar surface area (TPSA) is 38.8 Å². The van der Waals surface area contributed by atoms with Crippen molar-refractivity contribution in [3.05, 3.63) is 65.7 Å². The van der Waals surface area contributed by atoms with Gasteiger partial charge in [0.2, 0.25) is 0 Å². The normalized spacial score (nSPS) is 17.2. The molecule has 7 heteroatoms. The molecule has 0 aliphatic carbocycles. The van der Waals surface area contributed by atoms with E-state index in [1.165, 1.54) is 17.0 Å². The molecule has 1 unspecified atom stereocenters.